The average Bonchev–Trinajstić information content (AvgIpc) is 3.01. The third-order valence-electron chi connectivity index (χ3n) is 3.63. The molecule has 8 heteroatoms. The van der Waals surface area contributed by atoms with Crippen LogP contribution in [0.1, 0.15) is 12.8 Å². The lowest BCUT2D eigenvalue weighted by Crippen LogP contribution is -2.39. The lowest BCUT2D eigenvalue weighted by molar-refractivity contribution is -0.130. The quantitative estimate of drug-likeness (QED) is 0.812. The topological polar surface area (TPSA) is 66.9 Å². The van der Waals surface area contributed by atoms with E-state index < -0.39 is 10.0 Å². The third kappa shape index (κ3) is 3.53. The molecule has 1 aromatic carbocycles. The van der Waals surface area contributed by atoms with E-state index in [1.165, 1.54) is 26.3 Å². The predicted octanol–water partition coefficient (Wildman–Crippen LogP) is 1.59. The first-order valence-corrected chi connectivity index (χ1v) is 8.75. The van der Waals surface area contributed by atoms with E-state index in [1.807, 2.05) is 0 Å². The molecule has 122 valence electrons. The second kappa shape index (κ2) is 6.85. The molecule has 0 saturated carbocycles. The van der Waals surface area contributed by atoms with Crippen LogP contribution < -0.4 is 4.74 Å². The van der Waals surface area contributed by atoms with Gasteiger partial charge >= 0.3 is 0 Å². The highest BCUT2D eigenvalue weighted by Gasteiger charge is 2.29. The molecule has 1 aliphatic rings. The summed E-state index contributed by atoms with van der Waals surface area (Å²) in [6.45, 7) is 1.18. The van der Waals surface area contributed by atoms with Gasteiger partial charge in [-0.05, 0) is 31.0 Å². The zero-order valence-electron chi connectivity index (χ0n) is 12.6. The molecule has 2 rings (SSSR count). The number of likely N-dealkylation sites (N-methyl/N-ethyl adjacent to an activating group) is 1. The summed E-state index contributed by atoms with van der Waals surface area (Å²) in [5, 5.41) is 0.290. The van der Waals surface area contributed by atoms with Gasteiger partial charge in [-0.3, -0.25) is 4.79 Å². The molecule has 1 aliphatic heterocycles. The molecule has 0 unspecified atom stereocenters. The van der Waals surface area contributed by atoms with Gasteiger partial charge in [0, 0.05) is 25.2 Å². The highest BCUT2D eigenvalue weighted by Crippen LogP contribution is 2.29. The van der Waals surface area contributed by atoms with Gasteiger partial charge < -0.3 is 9.64 Å². The highest BCUT2D eigenvalue weighted by atomic mass is 35.5. The number of sulfonamides is 1. The summed E-state index contributed by atoms with van der Waals surface area (Å²) in [5.41, 5.74) is 0. The van der Waals surface area contributed by atoms with Gasteiger partial charge in [0.1, 0.15) is 10.6 Å². The van der Waals surface area contributed by atoms with E-state index in [0.29, 0.717) is 18.1 Å². The van der Waals surface area contributed by atoms with Gasteiger partial charge in [-0.15, -0.1) is 0 Å². The Morgan fingerprint density at radius 2 is 2.00 bits per heavy atom. The van der Waals surface area contributed by atoms with Crippen LogP contribution in [0.4, 0.5) is 0 Å². The van der Waals surface area contributed by atoms with Crippen molar-refractivity contribution in [3.05, 3.63) is 23.2 Å². The number of hydrogen-bond donors (Lipinski definition) is 0. The van der Waals surface area contributed by atoms with E-state index in [0.717, 1.165) is 17.1 Å². The first-order valence-electron chi connectivity index (χ1n) is 6.94. The molecule has 1 saturated heterocycles. The summed E-state index contributed by atoms with van der Waals surface area (Å²) >= 11 is 5.88. The molecule has 1 amide bonds. The van der Waals surface area contributed by atoms with Crippen LogP contribution in [-0.2, 0) is 14.8 Å². The summed E-state index contributed by atoms with van der Waals surface area (Å²) in [4.78, 5) is 13.8. The summed E-state index contributed by atoms with van der Waals surface area (Å²) in [6, 6.07) is 4.37. The van der Waals surface area contributed by atoms with Crippen LogP contribution in [0.5, 0.6) is 5.75 Å². The number of likely N-dealkylation sites (tertiary alicyclic amines) is 1. The first kappa shape index (κ1) is 17.1. The van der Waals surface area contributed by atoms with Gasteiger partial charge in [0.05, 0.1) is 13.7 Å². The maximum atomic E-state index is 12.6. The fourth-order valence-corrected chi connectivity index (χ4v) is 3.90. The lowest BCUT2D eigenvalue weighted by Gasteiger charge is -2.22. The van der Waals surface area contributed by atoms with Gasteiger partial charge in [-0.25, -0.2) is 8.42 Å². The minimum absolute atomic E-state index is 0.0424. The zero-order chi connectivity index (χ0) is 16.3. The maximum absolute atomic E-state index is 12.6. The molecule has 6 nitrogen and oxygen atoms in total. The second-order valence-corrected chi connectivity index (χ2v) is 7.59. The number of hydrogen-bond acceptors (Lipinski definition) is 4. The number of ether oxygens (including phenoxy) is 1. The Bertz CT molecular complexity index is 657. The molecule has 1 aromatic rings. The standard InChI is InChI=1S/C14H19ClN2O4S/c1-16(10-14(18)17-7-3-4-8-17)22(19,20)13-9-11(15)5-6-12(13)21-2/h5-6,9H,3-4,7-8,10H2,1-2H3. The largest absolute Gasteiger partial charge is 0.495 e. The molecule has 0 N–H and O–H groups in total. The Morgan fingerprint density at radius 3 is 2.59 bits per heavy atom. The fourth-order valence-electron chi connectivity index (χ4n) is 2.36. The van der Waals surface area contributed by atoms with Crippen LogP contribution in [-0.4, -0.2) is 57.3 Å². The number of rotatable bonds is 5. The minimum atomic E-state index is -3.85. The van der Waals surface area contributed by atoms with Crippen molar-refractivity contribution in [1.29, 1.82) is 0 Å². The van der Waals surface area contributed by atoms with Crippen LogP contribution in [0, 0.1) is 0 Å². The van der Waals surface area contributed by atoms with Crippen LogP contribution >= 0.6 is 11.6 Å². The molecule has 0 radical (unpaired) electrons. The molecule has 0 aromatic heterocycles. The monoisotopic (exact) mass is 346 g/mol. The number of amides is 1. The minimum Gasteiger partial charge on any atom is -0.495 e. The molecule has 1 fully saturated rings. The smallest absolute Gasteiger partial charge is 0.247 e. The van der Waals surface area contributed by atoms with E-state index >= 15 is 0 Å². The summed E-state index contributed by atoms with van der Waals surface area (Å²) in [5.74, 6) is 0.00874. The van der Waals surface area contributed by atoms with E-state index in [2.05, 4.69) is 0 Å². The molecular weight excluding hydrogens is 328 g/mol. The van der Waals surface area contributed by atoms with Gasteiger partial charge in [0.15, 0.2) is 0 Å². The Kier molecular flexibility index (Phi) is 5.31. The van der Waals surface area contributed by atoms with Gasteiger partial charge in [-0.1, -0.05) is 11.6 Å². The summed E-state index contributed by atoms with van der Waals surface area (Å²) in [7, 11) is -1.09. The zero-order valence-corrected chi connectivity index (χ0v) is 14.2. The Balaban J connectivity index is 2.22. The number of benzene rings is 1. The summed E-state index contributed by atoms with van der Waals surface area (Å²) in [6.07, 6.45) is 1.93. The van der Waals surface area contributed by atoms with Crippen molar-refractivity contribution in [1.82, 2.24) is 9.21 Å². The van der Waals surface area contributed by atoms with Gasteiger partial charge in [-0.2, -0.15) is 4.31 Å². The number of carbonyl (C=O) groups is 1. The van der Waals surface area contributed by atoms with Crippen molar-refractivity contribution >= 4 is 27.5 Å². The van der Waals surface area contributed by atoms with E-state index in [1.54, 1.807) is 11.0 Å². The van der Waals surface area contributed by atoms with Crippen LogP contribution in [0.25, 0.3) is 0 Å². The Hall–Kier alpha value is -1.31. The molecule has 1 heterocycles. The number of nitrogens with zero attached hydrogens (tertiary/aromatic N) is 2. The maximum Gasteiger partial charge on any atom is 0.247 e. The van der Waals surface area contributed by atoms with Crippen LogP contribution in [0.15, 0.2) is 23.1 Å². The first-order chi connectivity index (χ1) is 10.4. The lowest BCUT2D eigenvalue weighted by atomic mass is 10.3. The van der Waals surface area contributed by atoms with Crippen molar-refractivity contribution in [2.75, 3.05) is 33.8 Å². The molecular formula is C14H19ClN2O4S. The normalized spacial score (nSPS) is 15.4. The Labute approximate surface area is 135 Å². The van der Waals surface area contributed by atoms with Crippen molar-refractivity contribution < 1.29 is 17.9 Å². The Morgan fingerprint density at radius 1 is 1.36 bits per heavy atom. The number of carbonyl (C=O) groups excluding carboxylic acids is 1. The van der Waals surface area contributed by atoms with Crippen molar-refractivity contribution in [3.63, 3.8) is 0 Å². The van der Waals surface area contributed by atoms with Crippen molar-refractivity contribution in [2.24, 2.45) is 0 Å². The van der Waals surface area contributed by atoms with Crippen LogP contribution in [0.3, 0.4) is 0 Å². The third-order valence-corrected chi connectivity index (χ3v) is 5.69. The number of methoxy groups -OCH3 is 1. The molecule has 0 atom stereocenters. The van der Waals surface area contributed by atoms with Gasteiger partial charge in [0.25, 0.3) is 0 Å². The summed E-state index contributed by atoms with van der Waals surface area (Å²) < 4.78 is 31.4. The van der Waals surface area contributed by atoms with E-state index in [9.17, 15) is 13.2 Å². The van der Waals surface area contributed by atoms with Crippen molar-refractivity contribution in [3.8, 4) is 5.75 Å². The van der Waals surface area contributed by atoms with E-state index in [-0.39, 0.29) is 23.1 Å². The second-order valence-electron chi connectivity index (χ2n) is 5.14. The number of halogens is 1. The fraction of sp³-hybridized carbons (Fsp3) is 0.500. The average molecular weight is 347 g/mol. The molecule has 0 bridgehead atoms. The van der Waals surface area contributed by atoms with E-state index in [4.69, 9.17) is 16.3 Å². The highest BCUT2D eigenvalue weighted by molar-refractivity contribution is 7.89. The molecule has 0 aliphatic carbocycles. The molecule has 0 spiro atoms. The molecule has 22 heavy (non-hydrogen) atoms. The predicted molar refractivity (Wildman–Crippen MR) is 83.6 cm³/mol. The van der Waals surface area contributed by atoms with Crippen molar-refractivity contribution in [2.45, 2.75) is 17.7 Å². The van der Waals surface area contributed by atoms with Crippen LogP contribution in [0.2, 0.25) is 5.02 Å². The van der Waals surface area contributed by atoms with Gasteiger partial charge in [0.2, 0.25) is 15.9 Å². The SMILES string of the molecule is COc1ccc(Cl)cc1S(=O)(=O)N(C)CC(=O)N1CCCC1.